The number of carboxylic acids is 1. The molecule has 5 nitrogen and oxygen atoms in total. The molecule has 1 fully saturated rings. The van der Waals surface area contributed by atoms with Gasteiger partial charge in [-0.15, -0.1) is 0 Å². The van der Waals surface area contributed by atoms with E-state index in [0.29, 0.717) is 22.1 Å². The topological polar surface area (TPSA) is 66.8 Å². The highest BCUT2D eigenvalue weighted by Crippen LogP contribution is 2.36. The van der Waals surface area contributed by atoms with Gasteiger partial charge in [0.2, 0.25) is 0 Å². The van der Waals surface area contributed by atoms with E-state index in [9.17, 15) is 14.7 Å². The van der Waals surface area contributed by atoms with Crippen molar-refractivity contribution in [1.29, 1.82) is 0 Å². The number of carbonyl (C=O) groups excluding carboxylic acids is 1. The predicted molar refractivity (Wildman–Crippen MR) is 139 cm³/mol. The van der Waals surface area contributed by atoms with Gasteiger partial charge in [-0.1, -0.05) is 79.8 Å². The average Bonchev–Trinajstić information content (AvgIpc) is 3.00. The maximum absolute atomic E-state index is 12.9. The van der Waals surface area contributed by atoms with Crippen LogP contribution in [0.3, 0.4) is 0 Å². The summed E-state index contributed by atoms with van der Waals surface area (Å²) < 4.78 is 5.96. The first-order valence-electron chi connectivity index (χ1n) is 10.6. The lowest BCUT2D eigenvalue weighted by Gasteiger charge is -2.24. The largest absolute Gasteiger partial charge is 0.489 e. The molecule has 1 aliphatic rings. The SMILES string of the molecule is CC(C)CC(C(=O)O)N1C(=O)C(=Cc2ccc(-c3ccc(OC(C)C)c(Cl)c3)cc2)SC1=S. The summed E-state index contributed by atoms with van der Waals surface area (Å²) in [7, 11) is 0. The number of aliphatic carboxylic acids is 1. The second-order valence-corrected chi connectivity index (χ2v) is 10.6. The van der Waals surface area contributed by atoms with Crippen molar-refractivity contribution >= 4 is 57.9 Å². The Morgan fingerprint density at radius 1 is 1.15 bits per heavy atom. The number of ether oxygens (including phenoxy) is 1. The number of amides is 1. The van der Waals surface area contributed by atoms with Crippen LogP contribution in [0.25, 0.3) is 17.2 Å². The lowest BCUT2D eigenvalue weighted by atomic mass is 10.0. The molecule has 1 aliphatic heterocycles. The Kier molecular flexibility index (Phi) is 8.21. The fourth-order valence-electron chi connectivity index (χ4n) is 3.46. The molecule has 2 aromatic carbocycles. The van der Waals surface area contributed by atoms with Gasteiger partial charge in [0.1, 0.15) is 16.1 Å². The molecule has 0 radical (unpaired) electrons. The first-order chi connectivity index (χ1) is 15.6. The van der Waals surface area contributed by atoms with E-state index in [1.165, 1.54) is 4.90 Å². The van der Waals surface area contributed by atoms with Crippen LogP contribution in [-0.2, 0) is 9.59 Å². The van der Waals surface area contributed by atoms with Crippen molar-refractivity contribution in [2.24, 2.45) is 5.92 Å². The molecule has 0 bridgehead atoms. The zero-order valence-electron chi connectivity index (χ0n) is 18.9. The van der Waals surface area contributed by atoms with Gasteiger partial charge in [0.25, 0.3) is 5.91 Å². The summed E-state index contributed by atoms with van der Waals surface area (Å²) in [5.41, 5.74) is 2.74. The molecule has 1 saturated heterocycles. The molecule has 1 heterocycles. The molecular weight excluding hydrogens is 478 g/mol. The minimum absolute atomic E-state index is 0.0387. The number of benzene rings is 2. The molecular formula is C25H26ClNO4S2. The van der Waals surface area contributed by atoms with Gasteiger partial charge in [0, 0.05) is 0 Å². The van der Waals surface area contributed by atoms with Crippen LogP contribution in [0.4, 0.5) is 0 Å². The van der Waals surface area contributed by atoms with Crippen LogP contribution in [0.2, 0.25) is 5.02 Å². The molecule has 0 saturated carbocycles. The summed E-state index contributed by atoms with van der Waals surface area (Å²) in [6.07, 6.45) is 2.12. The van der Waals surface area contributed by atoms with E-state index in [4.69, 9.17) is 28.6 Å². The molecule has 0 aromatic heterocycles. The van der Waals surface area contributed by atoms with Crippen LogP contribution in [0.1, 0.15) is 39.7 Å². The molecule has 8 heteroatoms. The van der Waals surface area contributed by atoms with E-state index < -0.39 is 12.0 Å². The van der Waals surface area contributed by atoms with Crippen LogP contribution >= 0.6 is 35.6 Å². The summed E-state index contributed by atoms with van der Waals surface area (Å²) in [5.74, 6) is -0.651. The Morgan fingerprint density at radius 2 is 1.79 bits per heavy atom. The number of nitrogens with zero attached hydrogens (tertiary/aromatic N) is 1. The van der Waals surface area contributed by atoms with Gasteiger partial charge in [-0.2, -0.15) is 0 Å². The van der Waals surface area contributed by atoms with E-state index in [1.807, 2.05) is 70.2 Å². The summed E-state index contributed by atoms with van der Waals surface area (Å²) >= 11 is 12.8. The molecule has 0 spiro atoms. The third-order valence-corrected chi connectivity index (χ3v) is 6.58. The maximum atomic E-state index is 12.9. The Balaban J connectivity index is 1.80. The average molecular weight is 504 g/mol. The van der Waals surface area contributed by atoms with E-state index >= 15 is 0 Å². The number of carboxylic acid groups (broad SMARTS) is 1. The summed E-state index contributed by atoms with van der Waals surface area (Å²) in [4.78, 5) is 26.3. The van der Waals surface area contributed by atoms with Gasteiger partial charge in [-0.3, -0.25) is 9.69 Å². The number of hydrogen-bond acceptors (Lipinski definition) is 5. The highest BCUT2D eigenvalue weighted by Gasteiger charge is 2.40. The number of hydrogen-bond donors (Lipinski definition) is 1. The quantitative estimate of drug-likeness (QED) is 0.328. The van der Waals surface area contributed by atoms with Crippen molar-refractivity contribution in [2.75, 3.05) is 0 Å². The lowest BCUT2D eigenvalue weighted by molar-refractivity contribution is -0.145. The van der Waals surface area contributed by atoms with E-state index in [1.54, 1.807) is 6.08 Å². The van der Waals surface area contributed by atoms with Crippen molar-refractivity contribution < 1.29 is 19.4 Å². The second kappa shape index (κ2) is 10.7. The molecule has 0 aliphatic carbocycles. The van der Waals surface area contributed by atoms with Gasteiger partial charge in [0.05, 0.1) is 16.0 Å². The van der Waals surface area contributed by atoms with Crippen molar-refractivity contribution in [3.8, 4) is 16.9 Å². The smallest absolute Gasteiger partial charge is 0.326 e. The highest BCUT2D eigenvalue weighted by atomic mass is 35.5. The molecule has 33 heavy (non-hydrogen) atoms. The Morgan fingerprint density at radius 3 is 2.33 bits per heavy atom. The molecule has 2 aromatic rings. The van der Waals surface area contributed by atoms with Crippen molar-refractivity contribution in [3.05, 3.63) is 58.0 Å². The maximum Gasteiger partial charge on any atom is 0.326 e. The van der Waals surface area contributed by atoms with Crippen LogP contribution in [0, 0.1) is 5.92 Å². The van der Waals surface area contributed by atoms with Gasteiger partial charge in [0.15, 0.2) is 0 Å². The monoisotopic (exact) mass is 503 g/mol. The number of thioether (sulfide) groups is 1. The molecule has 1 amide bonds. The molecule has 1 unspecified atom stereocenters. The van der Waals surface area contributed by atoms with Gasteiger partial charge in [-0.25, -0.2) is 4.79 Å². The van der Waals surface area contributed by atoms with Crippen molar-refractivity contribution in [3.63, 3.8) is 0 Å². The number of carbonyl (C=O) groups is 2. The minimum atomic E-state index is -1.05. The molecule has 1 atom stereocenters. The molecule has 1 N–H and O–H groups in total. The van der Waals surface area contributed by atoms with Crippen LogP contribution in [-0.4, -0.2) is 38.3 Å². The van der Waals surface area contributed by atoms with Gasteiger partial charge >= 0.3 is 5.97 Å². The van der Waals surface area contributed by atoms with Crippen LogP contribution in [0.5, 0.6) is 5.75 Å². The Labute approximate surface area is 208 Å². The first-order valence-corrected chi connectivity index (χ1v) is 12.2. The molecule has 3 rings (SSSR count). The predicted octanol–water partition coefficient (Wildman–Crippen LogP) is 6.49. The third kappa shape index (κ3) is 6.16. The standard InChI is InChI=1S/C25H26ClNO4S2/c1-14(2)11-20(24(29)30)27-23(28)22(33-25(27)32)12-16-5-7-17(8-6-16)18-9-10-21(19(26)13-18)31-15(3)4/h5-10,12-15,20H,11H2,1-4H3,(H,29,30). The first kappa shape index (κ1) is 25.3. The van der Waals surface area contributed by atoms with Crippen molar-refractivity contribution in [2.45, 2.75) is 46.3 Å². The number of thiocarbonyl (C=S) groups is 1. The van der Waals surface area contributed by atoms with Crippen LogP contribution < -0.4 is 4.74 Å². The number of halogens is 1. The second-order valence-electron chi connectivity index (χ2n) is 8.47. The van der Waals surface area contributed by atoms with E-state index in [0.717, 1.165) is 28.5 Å². The zero-order chi connectivity index (χ0) is 24.3. The summed E-state index contributed by atoms with van der Waals surface area (Å²) in [6.45, 7) is 7.73. The minimum Gasteiger partial charge on any atom is -0.489 e. The van der Waals surface area contributed by atoms with Gasteiger partial charge in [-0.05, 0) is 61.1 Å². The van der Waals surface area contributed by atoms with Gasteiger partial charge < -0.3 is 9.84 Å². The third-order valence-electron chi connectivity index (χ3n) is 4.95. The Hall–Kier alpha value is -2.35. The fourth-order valence-corrected chi connectivity index (χ4v) is 5.05. The highest BCUT2D eigenvalue weighted by molar-refractivity contribution is 8.26. The van der Waals surface area contributed by atoms with Crippen LogP contribution in [0.15, 0.2) is 47.4 Å². The fraction of sp³-hybridized carbons (Fsp3) is 0.320. The molecule has 174 valence electrons. The van der Waals surface area contributed by atoms with E-state index in [-0.39, 0.29) is 22.2 Å². The normalized spacial score (nSPS) is 16.2. The van der Waals surface area contributed by atoms with Crippen molar-refractivity contribution in [1.82, 2.24) is 4.90 Å². The summed E-state index contributed by atoms with van der Waals surface area (Å²) in [5, 5.41) is 10.2. The lowest BCUT2D eigenvalue weighted by Crippen LogP contribution is -2.44. The Bertz CT molecular complexity index is 1100. The summed E-state index contributed by atoms with van der Waals surface area (Å²) in [6, 6.07) is 12.4. The van der Waals surface area contributed by atoms with E-state index in [2.05, 4.69) is 0 Å². The zero-order valence-corrected chi connectivity index (χ0v) is 21.3. The number of rotatable bonds is 8.